The predicted molar refractivity (Wildman–Crippen MR) is 94.8 cm³/mol. The second kappa shape index (κ2) is 11.6. The van der Waals surface area contributed by atoms with Gasteiger partial charge in [0.1, 0.15) is 0 Å². The fourth-order valence-corrected chi connectivity index (χ4v) is 1.96. The first-order chi connectivity index (χ1) is 12.0. The van der Waals surface area contributed by atoms with Crippen molar-refractivity contribution in [2.45, 2.75) is 25.7 Å². The SMILES string of the molecule is COC(=O)CCCCCNC(=O)C=CC=Cc1ccc([N+](=O)[O-])cc1. The maximum absolute atomic E-state index is 11.6. The van der Waals surface area contributed by atoms with Gasteiger partial charge in [-0.2, -0.15) is 0 Å². The van der Waals surface area contributed by atoms with E-state index in [1.165, 1.54) is 25.3 Å². The second-order valence-corrected chi connectivity index (χ2v) is 5.24. The van der Waals surface area contributed by atoms with Gasteiger partial charge >= 0.3 is 5.97 Å². The lowest BCUT2D eigenvalue weighted by molar-refractivity contribution is -0.384. The van der Waals surface area contributed by atoms with Gasteiger partial charge in [0, 0.05) is 31.2 Å². The molecule has 25 heavy (non-hydrogen) atoms. The number of esters is 1. The minimum atomic E-state index is -0.451. The Balaban J connectivity index is 2.21. The quantitative estimate of drug-likeness (QED) is 0.175. The van der Waals surface area contributed by atoms with Crippen molar-refractivity contribution in [2.75, 3.05) is 13.7 Å². The van der Waals surface area contributed by atoms with Gasteiger partial charge in [-0.3, -0.25) is 19.7 Å². The van der Waals surface area contributed by atoms with Crippen molar-refractivity contribution in [2.24, 2.45) is 0 Å². The number of nitro groups is 1. The van der Waals surface area contributed by atoms with Crippen molar-refractivity contribution in [3.63, 3.8) is 0 Å². The normalized spacial score (nSPS) is 10.9. The average Bonchev–Trinajstić information content (AvgIpc) is 2.61. The number of amides is 1. The zero-order valence-corrected chi connectivity index (χ0v) is 14.1. The molecule has 0 bridgehead atoms. The Morgan fingerprint density at radius 1 is 1.16 bits per heavy atom. The van der Waals surface area contributed by atoms with Crippen molar-refractivity contribution < 1.29 is 19.2 Å². The first-order valence-corrected chi connectivity index (χ1v) is 7.97. The van der Waals surface area contributed by atoms with E-state index >= 15 is 0 Å². The van der Waals surface area contributed by atoms with Crippen LogP contribution in [0, 0.1) is 10.1 Å². The summed E-state index contributed by atoms with van der Waals surface area (Å²) in [7, 11) is 1.37. The molecular formula is C18H22N2O5. The van der Waals surface area contributed by atoms with Crippen LogP contribution in [0.3, 0.4) is 0 Å². The van der Waals surface area contributed by atoms with E-state index in [4.69, 9.17) is 0 Å². The molecular weight excluding hydrogens is 324 g/mol. The summed E-state index contributed by atoms with van der Waals surface area (Å²) in [6.45, 7) is 0.552. The Hall–Kier alpha value is -2.96. The third-order valence-electron chi connectivity index (χ3n) is 3.34. The fraction of sp³-hybridized carbons (Fsp3) is 0.333. The largest absolute Gasteiger partial charge is 0.469 e. The van der Waals surface area contributed by atoms with Gasteiger partial charge in [-0.1, -0.05) is 24.6 Å². The van der Waals surface area contributed by atoms with Crippen LogP contribution in [-0.2, 0) is 14.3 Å². The van der Waals surface area contributed by atoms with Crippen molar-refractivity contribution in [1.29, 1.82) is 0 Å². The van der Waals surface area contributed by atoms with Gasteiger partial charge in [-0.05, 0) is 30.5 Å². The molecule has 0 saturated heterocycles. The first kappa shape index (κ1) is 20.1. The van der Waals surface area contributed by atoms with E-state index in [0.717, 1.165) is 24.8 Å². The molecule has 1 aromatic rings. The van der Waals surface area contributed by atoms with Gasteiger partial charge in [0.15, 0.2) is 0 Å². The summed E-state index contributed by atoms with van der Waals surface area (Å²) in [6.07, 6.45) is 9.25. The highest BCUT2D eigenvalue weighted by molar-refractivity contribution is 5.87. The lowest BCUT2D eigenvalue weighted by Crippen LogP contribution is -2.22. The Bertz CT molecular complexity index is 635. The number of carbonyl (C=O) groups excluding carboxylic acids is 2. The number of hydrogen-bond donors (Lipinski definition) is 1. The van der Waals surface area contributed by atoms with E-state index in [1.54, 1.807) is 30.4 Å². The van der Waals surface area contributed by atoms with Crippen LogP contribution in [0.15, 0.2) is 42.5 Å². The Morgan fingerprint density at radius 2 is 1.88 bits per heavy atom. The molecule has 1 rings (SSSR count). The van der Waals surface area contributed by atoms with Crippen LogP contribution in [0.5, 0.6) is 0 Å². The number of rotatable bonds is 10. The Morgan fingerprint density at radius 3 is 2.52 bits per heavy atom. The molecule has 0 aliphatic rings. The number of nitrogens with one attached hydrogen (secondary N) is 1. The van der Waals surface area contributed by atoms with E-state index in [1.807, 2.05) is 0 Å². The number of methoxy groups -OCH3 is 1. The predicted octanol–water partition coefficient (Wildman–Crippen LogP) is 3.01. The highest BCUT2D eigenvalue weighted by Gasteiger charge is 2.02. The van der Waals surface area contributed by atoms with E-state index < -0.39 is 4.92 Å². The molecule has 0 fully saturated rings. The third kappa shape index (κ3) is 9.04. The molecule has 134 valence electrons. The smallest absolute Gasteiger partial charge is 0.305 e. The minimum absolute atomic E-state index is 0.0404. The van der Waals surface area contributed by atoms with Crippen LogP contribution in [0.4, 0.5) is 5.69 Å². The van der Waals surface area contributed by atoms with Crippen LogP contribution in [-0.4, -0.2) is 30.5 Å². The van der Waals surface area contributed by atoms with Crippen LogP contribution in [0.25, 0.3) is 6.08 Å². The van der Waals surface area contributed by atoms with E-state index in [2.05, 4.69) is 10.1 Å². The molecule has 0 aliphatic carbocycles. The number of hydrogen-bond acceptors (Lipinski definition) is 5. The van der Waals surface area contributed by atoms with E-state index in [-0.39, 0.29) is 17.6 Å². The summed E-state index contributed by atoms with van der Waals surface area (Å²) in [4.78, 5) is 32.6. The maximum atomic E-state index is 11.6. The molecule has 0 atom stereocenters. The highest BCUT2D eigenvalue weighted by atomic mass is 16.6. The molecule has 1 aromatic carbocycles. The number of unbranched alkanes of at least 4 members (excludes halogenated alkanes) is 2. The van der Waals surface area contributed by atoms with Crippen LogP contribution in [0.2, 0.25) is 0 Å². The van der Waals surface area contributed by atoms with E-state index in [9.17, 15) is 19.7 Å². The number of carbonyl (C=O) groups is 2. The molecule has 0 aromatic heterocycles. The van der Waals surface area contributed by atoms with Crippen molar-refractivity contribution in [3.8, 4) is 0 Å². The highest BCUT2D eigenvalue weighted by Crippen LogP contribution is 2.12. The molecule has 1 amide bonds. The van der Waals surface area contributed by atoms with Gasteiger partial charge in [0.25, 0.3) is 5.69 Å². The number of non-ortho nitro benzene ring substituents is 1. The number of nitrogens with zero attached hydrogens (tertiary/aromatic N) is 1. The molecule has 7 nitrogen and oxygen atoms in total. The van der Waals surface area contributed by atoms with Gasteiger partial charge in [0.05, 0.1) is 12.0 Å². The molecule has 0 radical (unpaired) electrons. The summed E-state index contributed by atoms with van der Waals surface area (Å²) >= 11 is 0. The number of nitro benzene ring substituents is 1. The summed E-state index contributed by atoms with van der Waals surface area (Å²) < 4.78 is 4.54. The van der Waals surface area contributed by atoms with Gasteiger partial charge in [-0.25, -0.2) is 0 Å². The van der Waals surface area contributed by atoms with Crippen molar-refractivity contribution in [3.05, 3.63) is 58.2 Å². The topological polar surface area (TPSA) is 98.5 Å². The number of ether oxygens (including phenoxy) is 1. The minimum Gasteiger partial charge on any atom is -0.469 e. The monoisotopic (exact) mass is 346 g/mol. The zero-order valence-electron chi connectivity index (χ0n) is 14.1. The molecule has 1 N–H and O–H groups in total. The van der Waals surface area contributed by atoms with Gasteiger partial charge in [-0.15, -0.1) is 0 Å². The lowest BCUT2D eigenvalue weighted by Gasteiger charge is -2.02. The molecule has 0 saturated carbocycles. The summed E-state index contributed by atoms with van der Waals surface area (Å²) in [5, 5.41) is 13.3. The zero-order chi connectivity index (χ0) is 18.5. The number of benzene rings is 1. The Labute approximate surface area is 146 Å². The molecule has 0 aliphatic heterocycles. The second-order valence-electron chi connectivity index (χ2n) is 5.24. The lowest BCUT2D eigenvalue weighted by atomic mass is 10.2. The first-order valence-electron chi connectivity index (χ1n) is 7.97. The van der Waals surface area contributed by atoms with Gasteiger partial charge in [0.2, 0.25) is 5.91 Å². The molecule has 0 spiro atoms. The van der Waals surface area contributed by atoms with Crippen LogP contribution in [0.1, 0.15) is 31.2 Å². The summed E-state index contributed by atoms with van der Waals surface area (Å²) in [5.41, 5.74) is 0.847. The third-order valence-corrected chi connectivity index (χ3v) is 3.34. The van der Waals surface area contributed by atoms with Crippen LogP contribution < -0.4 is 5.32 Å². The maximum Gasteiger partial charge on any atom is 0.305 e. The molecule has 0 heterocycles. The van der Waals surface area contributed by atoms with Crippen molar-refractivity contribution in [1.82, 2.24) is 5.32 Å². The summed E-state index contributed by atoms with van der Waals surface area (Å²) in [6, 6.07) is 6.13. The molecule has 0 unspecified atom stereocenters. The summed E-state index contributed by atoms with van der Waals surface area (Å²) in [5.74, 6) is -0.409. The molecule has 7 heteroatoms. The number of allylic oxidation sites excluding steroid dienone is 2. The average molecular weight is 346 g/mol. The Kier molecular flexibility index (Phi) is 9.28. The van der Waals surface area contributed by atoms with Gasteiger partial charge < -0.3 is 10.1 Å². The van der Waals surface area contributed by atoms with Crippen LogP contribution >= 0.6 is 0 Å². The van der Waals surface area contributed by atoms with E-state index in [0.29, 0.717) is 13.0 Å². The fourth-order valence-electron chi connectivity index (χ4n) is 1.96. The van der Waals surface area contributed by atoms with Crippen molar-refractivity contribution >= 4 is 23.6 Å². The standard InChI is InChI=1S/C18H22N2O5/c1-25-18(22)9-3-2-6-14-19-17(21)8-5-4-7-15-10-12-16(13-11-15)20(23)24/h4-5,7-8,10-13H,2-3,6,9,14H2,1H3,(H,19,21).